The summed E-state index contributed by atoms with van der Waals surface area (Å²) in [4.78, 5) is 35.0. The van der Waals surface area contributed by atoms with Crippen molar-refractivity contribution in [3.8, 4) is 0 Å². The highest BCUT2D eigenvalue weighted by Gasteiger charge is 2.37. The van der Waals surface area contributed by atoms with Crippen LogP contribution < -0.4 is 0 Å². The van der Waals surface area contributed by atoms with Gasteiger partial charge in [0.25, 0.3) is 0 Å². The molecule has 0 N–H and O–H groups in total. The summed E-state index contributed by atoms with van der Waals surface area (Å²) in [6.07, 6.45) is 13.5. The number of Topliss-reactive ketones (excluding diaryl/α,β-unsaturated/α-hetero) is 1. The molecule has 33 heavy (non-hydrogen) atoms. The van der Waals surface area contributed by atoms with Gasteiger partial charge >= 0.3 is 11.9 Å². The zero-order valence-corrected chi connectivity index (χ0v) is 22.5. The van der Waals surface area contributed by atoms with Gasteiger partial charge in [0.05, 0.1) is 10.8 Å². The summed E-state index contributed by atoms with van der Waals surface area (Å²) in [5.41, 5.74) is -0.921. The second kappa shape index (κ2) is 13.5. The van der Waals surface area contributed by atoms with E-state index < -0.39 is 5.41 Å². The third kappa shape index (κ3) is 9.78. The molecule has 2 saturated carbocycles. The molecule has 2 aliphatic rings. The normalized spacial score (nSPS) is 20.0. The van der Waals surface area contributed by atoms with Crippen LogP contribution in [0.5, 0.6) is 0 Å². The maximum absolute atomic E-state index is 12.3. The molecule has 0 atom stereocenters. The van der Waals surface area contributed by atoms with E-state index in [9.17, 15) is 14.4 Å². The number of esters is 2. The standard InChI is InChI=1S/C16H30O2.C12H20O3/c1-5-15(3,4)14(17)18-16(6-2)12-10-8-7-9-11-13-16;1-4-12(2,3)11(14)15-10-7-5-9(13)6-8-10/h5-13H2,1-4H3;10H,4-8H2,1-3H3. The molecule has 0 amide bonds. The lowest BCUT2D eigenvalue weighted by Crippen LogP contribution is -2.40. The van der Waals surface area contributed by atoms with E-state index >= 15 is 0 Å². The summed E-state index contributed by atoms with van der Waals surface area (Å²) in [6, 6.07) is 0. The van der Waals surface area contributed by atoms with Crippen LogP contribution in [0, 0.1) is 10.8 Å². The van der Waals surface area contributed by atoms with E-state index in [1.165, 1.54) is 32.1 Å². The van der Waals surface area contributed by atoms with Gasteiger partial charge in [-0.2, -0.15) is 0 Å². The number of carbonyl (C=O) groups is 3. The number of carbonyl (C=O) groups excluding carboxylic acids is 3. The number of rotatable bonds is 7. The fourth-order valence-corrected chi connectivity index (χ4v) is 4.04. The molecule has 2 aliphatic carbocycles. The molecule has 0 aromatic carbocycles. The van der Waals surface area contributed by atoms with Crippen molar-refractivity contribution in [2.45, 2.75) is 150 Å². The SMILES string of the molecule is CCC(C)(C)C(=O)OC1CCC(=O)CC1.CCC1(OC(=O)C(C)(C)CC)CCCCCCC1. The van der Waals surface area contributed by atoms with Gasteiger partial charge in [0.2, 0.25) is 0 Å². The number of ketones is 1. The Bertz CT molecular complexity index is 616. The maximum Gasteiger partial charge on any atom is 0.312 e. The lowest BCUT2D eigenvalue weighted by Gasteiger charge is -2.37. The van der Waals surface area contributed by atoms with Crippen LogP contribution in [0.3, 0.4) is 0 Å². The smallest absolute Gasteiger partial charge is 0.312 e. The molecule has 2 rings (SSSR count). The third-order valence-electron chi connectivity index (χ3n) is 7.86. The minimum Gasteiger partial charge on any atom is -0.462 e. The molecule has 0 spiro atoms. The summed E-state index contributed by atoms with van der Waals surface area (Å²) < 4.78 is 11.4. The van der Waals surface area contributed by atoms with Crippen LogP contribution in [0.4, 0.5) is 0 Å². The first-order valence-corrected chi connectivity index (χ1v) is 13.4. The average Bonchev–Trinajstić information content (AvgIpc) is 2.77. The molecular weight excluding hydrogens is 416 g/mol. The van der Waals surface area contributed by atoms with E-state index in [0.29, 0.717) is 25.7 Å². The van der Waals surface area contributed by atoms with Crippen LogP contribution in [-0.4, -0.2) is 29.4 Å². The highest BCUT2D eigenvalue weighted by Crippen LogP contribution is 2.35. The monoisotopic (exact) mass is 466 g/mol. The quantitative estimate of drug-likeness (QED) is 0.367. The molecule has 192 valence electrons. The lowest BCUT2D eigenvalue weighted by molar-refractivity contribution is -0.173. The van der Waals surface area contributed by atoms with E-state index in [1.807, 2.05) is 34.6 Å². The largest absolute Gasteiger partial charge is 0.462 e. The Hall–Kier alpha value is -1.39. The fraction of sp³-hybridized carbons (Fsp3) is 0.893. The van der Waals surface area contributed by atoms with Crippen molar-refractivity contribution in [1.82, 2.24) is 0 Å². The zero-order chi connectivity index (χ0) is 25.1. The second-order valence-electron chi connectivity index (χ2n) is 11.3. The second-order valence-corrected chi connectivity index (χ2v) is 11.3. The molecule has 0 radical (unpaired) electrons. The highest BCUT2D eigenvalue weighted by atomic mass is 16.6. The van der Waals surface area contributed by atoms with Crippen molar-refractivity contribution in [2.24, 2.45) is 10.8 Å². The highest BCUT2D eigenvalue weighted by molar-refractivity contribution is 5.80. The van der Waals surface area contributed by atoms with Gasteiger partial charge in [-0.3, -0.25) is 14.4 Å². The van der Waals surface area contributed by atoms with Gasteiger partial charge in [0.1, 0.15) is 17.5 Å². The molecular formula is C28H50O5. The van der Waals surface area contributed by atoms with Crippen LogP contribution in [0.25, 0.3) is 0 Å². The van der Waals surface area contributed by atoms with E-state index in [1.54, 1.807) is 0 Å². The van der Waals surface area contributed by atoms with Gasteiger partial charge in [-0.25, -0.2) is 0 Å². The number of hydrogen-bond donors (Lipinski definition) is 0. The van der Waals surface area contributed by atoms with Crippen LogP contribution in [0.2, 0.25) is 0 Å². The average molecular weight is 467 g/mol. The predicted molar refractivity (Wildman–Crippen MR) is 133 cm³/mol. The van der Waals surface area contributed by atoms with E-state index in [2.05, 4.69) is 13.8 Å². The van der Waals surface area contributed by atoms with Gasteiger partial charge < -0.3 is 9.47 Å². The minimum absolute atomic E-state index is 0.00702. The Morgan fingerprint density at radius 2 is 1.27 bits per heavy atom. The Kier molecular flexibility index (Phi) is 12.1. The van der Waals surface area contributed by atoms with Crippen molar-refractivity contribution in [1.29, 1.82) is 0 Å². The Morgan fingerprint density at radius 1 is 0.818 bits per heavy atom. The molecule has 0 heterocycles. The first kappa shape index (κ1) is 29.6. The van der Waals surface area contributed by atoms with E-state index in [0.717, 1.165) is 32.1 Å². The topological polar surface area (TPSA) is 69.7 Å². The van der Waals surface area contributed by atoms with Gasteiger partial charge in [0.15, 0.2) is 0 Å². The lowest BCUT2D eigenvalue weighted by atomic mass is 9.83. The van der Waals surface area contributed by atoms with Crippen molar-refractivity contribution in [2.75, 3.05) is 0 Å². The summed E-state index contributed by atoms with van der Waals surface area (Å²) in [6.45, 7) is 14.0. The van der Waals surface area contributed by atoms with Crippen molar-refractivity contribution < 1.29 is 23.9 Å². The van der Waals surface area contributed by atoms with Crippen LogP contribution in [0.1, 0.15) is 138 Å². The Morgan fingerprint density at radius 3 is 1.73 bits per heavy atom. The third-order valence-corrected chi connectivity index (χ3v) is 7.86. The first-order valence-electron chi connectivity index (χ1n) is 13.4. The van der Waals surface area contributed by atoms with Crippen LogP contribution >= 0.6 is 0 Å². The number of hydrogen-bond acceptors (Lipinski definition) is 5. The molecule has 0 aliphatic heterocycles. The molecule has 0 bridgehead atoms. The van der Waals surface area contributed by atoms with Crippen LogP contribution in [0.15, 0.2) is 0 Å². The van der Waals surface area contributed by atoms with E-state index in [-0.39, 0.29) is 34.8 Å². The van der Waals surface area contributed by atoms with Crippen molar-refractivity contribution in [3.05, 3.63) is 0 Å². The molecule has 0 aromatic rings. The first-order chi connectivity index (χ1) is 15.4. The summed E-state index contributed by atoms with van der Waals surface area (Å²) in [5, 5.41) is 0. The Balaban J connectivity index is 0.000000335. The minimum atomic E-state index is -0.401. The van der Waals surface area contributed by atoms with Crippen molar-refractivity contribution in [3.63, 3.8) is 0 Å². The summed E-state index contributed by atoms with van der Waals surface area (Å²) in [7, 11) is 0. The van der Waals surface area contributed by atoms with Gasteiger partial charge in [-0.1, -0.05) is 40.0 Å². The van der Waals surface area contributed by atoms with Crippen LogP contribution in [-0.2, 0) is 23.9 Å². The molecule has 5 heteroatoms. The fourth-order valence-electron chi connectivity index (χ4n) is 4.04. The molecule has 0 aromatic heterocycles. The Labute approximate surface area is 202 Å². The molecule has 2 fully saturated rings. The van der Waals surface area contributed by atoms with Gasteiger partial charge in [0, 0.05) is 12.8 Å². The van der Waals surface area contributed by atoms with Gasteiger partial charge in [-0.15, -0.1) is 0 Å². The molecule has 5 nitrogen and oxygen atoms in total. The summed E-state index contributed by atoms with van der Waals surface area (Å²) in [5.74, 6) is 0.147. The van der Waals surface area contributed by atoms with Crippen molar-refractivity contribution >= 4 is 17.7 Å². The predicted octanol–water partition coefficient (Wildman–Crippen LogP) is 7.34. The maximum atomic E-state index is 12.3. The number of ether oxygens (including phenoxy) is 2. The molecule has 0 saturated heterocycles. The van der Waals surface area contributed by atoms with E-state index in [4.69, 9.17) is 9.47 Å². The molecule has 0 unspecified atom stereocenters. The summed E-state index contributed by atoms with van der Waals surface area (Å²) >= 11 is 0. The zero-order valence-electron chi connectivity index (χ0n) is 22.5. The van der Waals surface area contributed by atoms with Gasteiger partial charge in [-0.05, 0) is 85.5 Å².